The van der Waals surface area contributed by atoms with Gasteiger partial charge in [0.1, 0.15) is 11.6 Å². The Bertz CT molecular complexity index is 682. The van der Waals surface area contributed by atoms with Crippen molar-refractivity contribution in [3.63, 3.8) is 0 Å². The molecule has 0 amide bonds. The highest BCUT2D eigenvalue weighted by atomic mass is 19.1. The van der Waals surface area contributed by atoms with E-state index in [1.54, 1.807) is 29.0 Å². The van der Waals surface area contributed by atoms with Crippen LogP contribution in [0.1, 0.15) is 25.5 Å². The van der Waals surface area contributed by atoms with Crippen LogP contribution in [-0.2, 0) is 6.54 Å². The Morgan fingerprint density at radius 3 is 2.76 bits per heavy atom. The number of rotatable bonds is 5. The van der Waals surface area contributed by atoms with Gasteiger partial charge in [-0.15, -0.1) is 0 Å². The van der Waals surface area contributed by atoms with Gasteiger partial charge < -0.3 is 14.6 Å². The molecule has 0 aliphatic heterocycles. The Hall–Kier alpha value is -2.30. The molecule has 21 heavy (non-hydrogen) atoms. The van der Waals surface area contributed by atoms with Crippen LogP contribution in [0.4, 0.5) is 10.1 Å². The maximum atomic E-state index is 14.0. The summed E-state index contributed by atoms with van der Waals surface area (Å²) < 4.78 is 20.8. The molecular weight excluding hydrogens is 271 g/mol. The number of aromatic nitrogens is 1. The Kier molecular flexibility index (Phi) is 4.62. The summed E-state index contributed by atoms with van der Waals surface area (Å²) in [4.78, 5) is 11.6. The van der Waals surface area contributed by atoms with Crippen molar-refractivity contribution in [3.05, 3.63) is 58.3 Å². The fourth-order valence-electron chi connectivity index (χ4n) is 2.30. The lowest BCUT2D eigenvalue weighted by Gasteiger charge is -2.19. The fourth-order valence-corrected chi connectivity index (χ4v) is 2.30. The predicted molar refractivity (Wildman–Crippen MR) is 81.4 cm³/mol. The number of anilines is 1. The van der Waals surface area contributed by atoms with Gasteiger partial charge >= 0.3 is 0 Å². The SMILES string of the molecule is CCn1cc(NC(C)c2c(F)cccc2OC)ccc1=O. The Balaban J connectivity index is 2.30. The van der Waals surface area contributed by atoms with Crippen LogP contribution < -0.4 is 15.6 Å². The van der Waals surface area contributed by atoms with Gasteiger partial charge in [-0.3, -0.25) is 4.79 Å². The number of methoxy groups -OCH3 is 1. The first-order valence-electron chi connectivity index (χ1n) is 6.86. The lowest BCUT2D eigenvalue weighted by molar-refractivity contribution is 0.402. The molecule has 5 heteroatoms. The molecule has 0 spiro atoms. The lowest BCUT2D eigenvalue weighted by atomic mass is 10.1. The highest BCUT2D eigenvalue weighted by Gasteiger charge is 2.16. The molecule has 0 aliphatic carbocycles. The van der Waals surface area contributed by atoms with Crippen molar-refractivity contribution < 1.29 is 9.13 Å². The molecule has 0 saturated heterocycles. The zero-order valence-electron chi connectivity index (χ0n) is 12.4. The van der Waals surface area contributed by atoms with Crippen LogP contribution in [0.2, 0.25) is 0 Å². The van der Waals surface area contributed by atoms with E-state index in [1.807, 2.05) is 13.8 Å². The second-order valence-electron chi connectivity index (χ2n) is 4.76. The largest absolute Gasteiger partial charge is 0.496 e. The molecule has 0 bridgehead atoms. The van der Waals surface area contributed by atoms with Crippen LogP contribution >= 0.6 is 0 Å². The summed E-state index contributed by atoms with van der Waals surface area (Å²) >= 11 is 0. The minimum atomic E-state index is -0.321. The second kappa shape index (κ2) is 6.43. The molecule has 1 atom stereocenters. The van der Waals surface area contributed by atoms with Crippen LogP contribution in [-0.4, -0.2) is 11.7 Å². The molecule has 2 aromatic rings. The van der Waals surface area contributed by atoms with E-state index in [1.165, 1.54) is 19.2 Å². The molecule has 1 heterocycles. The van der Waals surface area contributed by atoms with E-state index in [0.717, 1.165) is 5.69 Å². The average Bonchev–Trinajstić information content (AvgIpc) is 2.48. The number of nitrogens with zero attached hydrogens (tertiary/aromatic N) is 1. The molecule has 0 saturated carbocycles. The third kappa shape index (κ3) is 3.24. The molecule has 1 N–H and O–H groups in total. The van der Waals surface area contributed by atoms with Gasteiger partial charge in [0.15, 0.2) is 0 Å². The van der Waals surface area contributed by atoms with Gasteiger partial charge in [-0.1, -0.05) is 6.07 Å². The summed E-state index contributed by atoms with van der Waals surface area (Å²) in [7, 11) is 1.52. The molecule has 1 unspecified atom stereocenters. The molecule has 1 aromatic carbocycles. The minimum Gasteiger partial charge on any atom is -0.496 e. The zero-order chi connectivity index (χ0) is 15.4. The molecular formula is C16H19FN2O2. The van der Waals surface area contributed by atoms with Gasteiger partial charge in [-0.25, -0.2) is 4.39 Å². The zero-order valence-corrected chi connectivity index (χ0v) is 12.4. The topological polar surface area (TPSA) is 43.3 Å². The van der Waals surface area contributed by atoms with Crippen LogP contribution in [0.5, 0.6) is 5.75 Å². The van der Waals surface area contributed by atoms with E-state index in [0.29, 0.717) is 17.9 Å². The van der Waals surface area contributed by atoms with Gasteiger partial charge in [0.2, 0.25) is 0 Å². The molecule has 0 aliphatic rings. The van der Waals surface area contributed by atoms with Crippen LogP contribution in [0.25, 0.3) is 0 Å². The van der Waals surface area contributed by atoms with Crippen molar-refractivity contribution in [1.82, 2.24) is 4.57 Å². The van der Waals surface area contributed by atoms with E-state index >= 15 is 0 Å². The number of benzene rings is 1. The third-order valence-electron chi connectivity index (χ3n) is 3.37. The Morgan fingerprint density at radius 2 is 2.10 bits per heavy atom. The lowest BCUT2D eigenvalue weighted by Crippen LogP contribution is -2.19. The monoisotopic (exact) mass is 290 g/mol. The summed E-state index contributed by atoms with van der Waals surface area (Å²) in [5.41, 5.74) is 1.17. The quantitative estimate of drug-likeness (QED) is 0.919. The third-order valence-corrected chi connectivity index (χ3v) is 3.37. The molecule has 4 nitrogen and oxygen atoms in total. The number of ether oxygens (including phenoxy) is 1. The van der Waals surface area contributed by atoms with Crippen molar-refractivity contribution >= 4 is 5.69 Å². The van der Waals surface area contributed by atoms with Gasteiger partial charge in [0, 0.05) is 18.8 Å². The first-order valence-corrected chi connectivity index (χ1v) is 6.86. The standard InChI is InChI=1S/C16H19FN2O2/c1-4-19-10-12(8-9-15(19)20)18-11(2)16-13(17)6-5-7-14(16)21-3/h5-11,18H,4H2,1-3H3. The van der Waals surface area contributed by atoms with Gasteiger partial charge in [-0.05, 0) is 32.0 Å². The molecule has 112 valence electrons. The van der Waals surface area contributed by atoms with Crippen molar-refractivity contribution in [2.75, 3.05) is 12.4 Å². The number of hydrogen-bond donors (Lipinski definition) is 1. The van der Waals surface area contributed by atoms with E-state index in [-0.39, 0.29) is 17.4 Å². The summed E-state index contributed by atoms with van der Waals surface area (Å²) in [6, 6.07) is 7.65. The van der Waals surface area contributed by atoms with E-state index in [2.05, 4.69) is 5.32 Å². The molecule has 0 fully saturated rings. The van der Waals surface area contributed by atoms with Gasteiger partial charge in [0.25, 0.3) is 5.56 Å². The van der Waals surface area contributed by atoms with Crippen LogP contribution in [0.15, 0.2) is 41.3 Å². The Morgan fingerprint density at radius 1 is 1.33 bits per heavy atom. The number of pyridine rings is 1. The number of aryl methyl sites for hydroxylation is 1. The van der Waals surface area contributed by atoms with Crippen molar-refractivity contribution in [2.24, 2.45) is 0 Å². The van der Waals surface area contributed by atoms with E-state index < -0.39 is 0 Å². The minimum absolute atomic E-state index is 0.0563. The highest BCUT2D eigenvalue weighted by molar-refractivity contribution is 5.46. The fraction of sp³-hybridized carbons (Fsp3) is 0.312. The highest BCUT2D eigenvalue weighted by Crippen LogP contribution is 2.29. The second-order valence-corrected chi connectivity index (χ2v) is 4.76. The van der Waals surface area contributed by atoms with E-state index in [9.17, 15) is 9.18 Å². The summed E-state index contributed by atoms with van der Waals surface area (Å²) in [6.45, 7) is 4.34. The number of halogens is 1. The average molecular weight is 290 g/mol. The maximum Gasteiger partial charge on any atom is 0.250 e. The summed E-state index contributed by atoms with van der Waals surface area (Å²) in [5, 5.41) is 3.20. The molecule has 1 aromatic heterocycles. The van der Waals surface area contributed by atoms with Gasteiger partial charge in [0.05, 0.1) is 24.4 Å². The normalized spacial score (nSPS) is 12.0. The smallest absolute Gasteiger partial charge is 0.250 e. The van der Waals surface area contributed by atoms with Crippen molar-refractivity contribution in [2.45, 2.75) is 26.4 Å². The first-order chi connectivity index (χ1) is 10.1. The molecule has 2 rings (SSSR count). The van der Waals surface area contributed by atoms with Crippen molar-refractivity contribution in [1.29, 1.82) is 0 Å². The van der Waals surface area contributed by atoms with Crippen LogP contribution in [0, 0.1) is 5.82 Å². The number of hydrogen-bond acceptors (Lipinski definition) is 3. The maximum absolute atomic E-state index is 14.0. The summed E-state index contributed by atoms with van der Waals surface area (Å²) in [6.07, 6.45) is 1.73. The number of nitrogens with one attached hydrogen (secondary N) is 1. The predicted octanol–water partition coefficient (Wildman–Crippen LogP) is 3.19. The van der Waals surface area contributed by atoms with E-state index in [4.69, 9.17) is 4.74 Å². The Labute approximate surface area is 123 Å². The van der Waals surface area contributed by atoms with Gasteiger partial charge in [-0.2, -0.15) is 0 Å². The first kappa shape index (κ1) is 15.1. The van der Waals surface area contributed by atoms with Crippen LogP contribution in [0.3, 0.4) is 0 Å². The van der Waals surface area contributed by atoms with Crippen molar-refractivity contribution in [3.8, 4) is 5.75 Å². The molecule has 0 radical (unpaired) electrons. The summed E-state index contributed by atoms with van der Waals surface area (Å²) in [5.74, 6) is 0.178.